The van der Waals surface area contributed by atoms with Crippen molar-refractivity contribution in [3.8, 4) is 11.1 Å². The average molecular weight is 361 g/mol. The zero-order valence-electron chi connectivity index (χ0n) is 16.1. The number of nitrogens with one attached hydrogen (secondary N) is 1. The van der Waals surface area contributed by atoms with E-state index in [1.54, 1.807) is 5.57 Å². The van der Waals surface area contributed by atoms with E-state index in [1.807, 2.05) is 0 Å². The highest BCUT2D eigenvalue weighted by Gasteiger charge is 2.52. The highest BCUT2D eigenvalue weighted by atomic mass is 14.8. The van der Waals surface area contributed by atoms with Gasteiger partial charge in [-0.3, -0.25) is 0 Å². The summed E-state index contributed by atoms with van der Waals surface area (Å²) in [5.74, 6) is 0. The van der Waals surface area contributed by atoms with Crippen LogP contribution in [0.1, 0.15) is 42.0 Å². The maximum absolute atomic E-state index is 3.50. The molecule has 1 heteroatoms. The molecule has 0 saturated carbocycles. The largest absolute Gasteiger partial charge is 0.385 e. The first-order chi connectivity index (χ1) is 13.9. The zero-order chi connectivity index (χ0) is 18.7. The minimum atomic E-state index is -0.132. The highest BCUT2D eigenvalue weighted by Crippen LogP contribution is 2.63. The van der Waals surface area contributed by atoms with Gasteiger partial charge in [0.1, 0.15) is 0 Å². The van der Waals surface area contributed by atoms with Crippen LogP contribution in [0.25, 0.3) is 16.7 Å². The maximum Gasteiger partial charge on any atom is 0.0688 e. The Bertz CT molecular complexity index is 1180. The van der Waals surface area contributed by atoms with Gasteiger partial charge < -0.3 is 5.32 Å². The summed E-state index contributed by atoms with van der Waals surface area (Å²) in [5, 5.41) is 3.50. The number of allylic oxidation sites excluding steroid dienone is 4. The first kappa shape index (κ1) is 15.9. The zero-order valence-corrected chi connectivity index (χ0v) is 16.1. The van der Waals surface area contributed by atoms with Crippen LogP contribution in [0.5, 0.6) is 0 Å². The summed E-state index contributed by atoms with van der Waals surface area (Å²) >= 11 is 0. The monoisotopic (exact) mass is 361 g/mol. The Morgan fingerprint density at radius 3 is 2.36 bits per heavy atom. The fourth-order valence-corrected chi connectivity index (χ4v) is 5.73. The van der Waals surface area contributed by atoms with E-state index in [9.17, 15) is 0 Å². The standard InChI is InChI=1S/C27H23N/c1-2-28-18-15-16-26-22(17-18)21-11-5-8-14-25(21)27(26)23-12-6-3-9-19(23)20-10-4-7-13-24(20)27/h3-6,8-12,14-17,28H,2,7,13H2,1H3. The minimum Gasteiger partial charge on any atom is -0.385 e. The number of fused-ring (bicyclic) bond motifs is 9. The number of hydrogen-bond donors (Lipinski definition) is 1. The molecule has 3 aliphatic carbocycles. The Morgan fingerprint density at radius 1 is 0.821 bits per heavy atom. The molecular weight excluding hydrogens is 338 g/mol. The van der Waals surface area contributed by atoms with Gasteiger partial charge in [-0.05, 0) is 76.4 Å². The van der Waals surface area contributed by atoms with Crippen LogP contribution in [0.15, 0.2) is 84.5 Å². The van der Waals surface area contributed by atoms with Crippen molar-refractivity contribution in [2.75, 3.05) is 11.9 Å². The van der Waals surface area contributed by atoms with E-state index in [-0.39, 0.29) is 5.41 Å². The van der Waals surface area contributed by atoms with Gasteiger partial charge in [0, 0.05) is 12.2 Å². The molecule has 0 aliphatic heterocycles. The summed E-state index contributed by atoms with van der Waals surface area (Å²) in [6.07, 6.45) is 6.95. The lowest BCUT2D eigenvalue weighted by molar-refractivity contribution is 0.714. The average Bonchev–Trinajstić information content (AvgIpc) is 3.21. The van der Waals surface area contributed by atoms with E-state index in [0.29, 0.717) is 0 Å². The lowest BCUT2D eigenvalue weighted by Gasteiger charge is -2.33. The van der Waals surface area contributed by atoms with Crippen LogP contribution >= 0.6 is 0 Å². The van der Waals surface area contributed by atoms with Crippen molar-refractivity contribution >= 4 is 11.3 Å². The van der Waals surface area contributed by atoms with Crippen molar-refractivity contribution < 1.29 is 0 Å². The predicted octanol–water partition coefficient (Wildman–Crippen LogP) is 6.55. The fraction of sp³-hybridized carbons (Fsp3) is 0.185. The van der Waals surface area contributed by atoms with Gasteiger partial charge in [0.05, 0.1) is 5.41 Å². The lowest BCUT2D eigenvalue weighted by Crippen LogP contribution is -2.27. The molecule has 0 fully saturated rings. The molecule has 3 aromatic rings. The van der Waals surface area contributed by atoms with Crippen LogP contribution in [0.3, 0.4) is 0 Å². The van der Waals surface area contributed by atoms with Crippen LogP contribution in [0.4, 0.5) is 5.69 Å². The molecule has 0 bridgehead atoms. The van der Waals surface area contributed by atoms with Gasteiger partial charge >= 0.3 is 0 Å². The SMILES string of the molecule is CCNc1ccc2c(c1)-c1ccccc1C21C2=C(C=CCC2)c2ccccc21. The normalized spacial score (nSPS) is 20.8. The third-order valence-corrected chi connectivity index (χ3v) is 6.67. The molecular formula is C27H23N. The molecule has 136 valence electrons. The highest BCUT2D eigenvalue weighted by molar-refractivity contribution is 5.97. The smallest absolute Gasteiger partial charge is 0.0688 e. The van der Waals surface area contributed by atoms with Gasteiger partial charge in [-0.2, -0.15) is 0 Å². The Balaban J connectivity index is 1.75. The van der Waals surface area contributed by atoms with E-state index in [1.165, 1.54) is 44.6 Å². The second kappa shape index (κ2) is 5.72. The number of rotatable bonds is 2. The van der Waals surface area contributed by atoms with Crippen molar-refractivity contribution in [1.82, 2.24) is 0 Å². The van der Waals surface area contributed by atoms with E-state index < -0.39 is 0 Å². The van der Waals surface area contributed by atoms with Gasteiger partial charge in [-0.1, -0.05) is 66.7 Å². The fourth-order valence-electron chi connectivity index (χ4n) is 5.73. The van der Waals surface area contributed by atoms with Gasteiger partial charge in [-0.15, -0.1) is 0 Å². The summed E-state index contributed by atoms with van der Waals surface area (Å²) in [4.78, 5) is 0. The predicted molar refractivity (Wildman–Crippen MR) is 118 cm³/mol. The molecule has 1 N–H and O–H groups in total. The minimum absolute atomic E-state index is 0.132. The molecule has 0 saturated heterocycles. The summed E-state index contributed by atoms with van der Waals surface area (Å²) in [5.41, 5.74) is 12.6. The third-order valence-electron chi connectivity index (χ3n) is 6.67. The van der Waals surface area contributed by atoms with Gasteiger partial charge in [-0.25, -0.2) is 0 Å². The molecule has 3 aliphatic rings. The second-order valence-electron chi connectivity index (χ2n) is 7.97. The van der Waals surface area contributed by atoms with Crippen molar-refractivity contribution in [2.45, 2.75) is 25.2 Å². The summed E-state index contributed by atoms with van der Waals surface area (Å²) in [6, 6.07) is 25.1. The van der Waals surface area contributed by atoms with Crippen LogP contribution in [0.2, 0.25) is 0 Å². The molecule has 0 aromatic heterocycles. The number of hydrogen-bond acceptors (Lipinski definition) is 1. The molecule has 1 unspecified atom stereocenters. The molecule has 0 heterocycles. The summed E-state index contributed by atoms with van der Waals surface area (Å²) in [7, 11) is 0. The Morgan fingerprint density at radius 2 is 1.54 bits per heavy atom. The Kier molecular flexibility index (Phi) is 3.26. The van der Waals surface area contributed by atoms with Crippen LogP contribution in [0, 0.1) is 0 Å². The summed E-state index contributed by atoms with van der Waals surface area (Å²) in [6.45, 7) is 3.09. The second-order valence-corrected chi connectivity index (χ2v) is 7.97. The van der Waals surface area contributed by atoms with Crippen LogP contribution < -0.4 is 5.32 Å². The van der Waals surface area contributed by atoms with Crippen molar-refractivity contribution in [1.29, 1.82) is 0 Å². The first-order valence-corrected chi connectivity index (χ1v) is 10.3. The number of anilines is 1. The Hall–Kier alpha value is -3.06. The topological polar surface area (TPSA) is 12.0 Å². The lowest BCUT2D eigenvalue weighted by atomic mass is 9.68. The number of benzene rings is 3. The maximum atomic E-state index is 3.50. The molecule has 28 heavy (non-hydrogen) atoms. The molecule has 1 spiro atoms. The van der Waals surface area contributed by atoms with E-state index in [4.69, 9.17) is 0 Å². The van der Waals surface area contributed by atoms with Gasteiger partial charge in [0.15, 0.2) is 0 Å². The van der Waals surface area contributed by atoms with E-state index in [2.05, 4.69) is 91.1 Å². The Labute approximate surface area is 166 Å². The molecule has 0 radical (unpaired) electrons. The van der Waals surface area contributed by atoms with Gasteiger partial charge in [0.25, 0.3) is 0 Å². The quantitative estimate of drug-likeness (QED) is 0.546. The van der Waals surface area contributed by atoms with Crippen LogP contribution in [-0.2, 0) is 5.41 Å². The van der Waals surface area contributed by atoms with Crippen molar-refractivity contribution in [2.24, 2.45) is 0 Å². The molecule has 1 atom stereocenters. The van der Waals surface area contributed by atoms with Gasteiger partial charge in [0.2, 0.25) is 0 Å². The first-order valence-electron chi connectivity index (χ1n) is 10.3. The van der Waals surface area contributed by atoms with Crippen LogP contribution in [-0.4, -0.2) is 6.54 Å². The molecule has 0 amide bonds. The van der Waals surface area contributed by atoms with Crippen molar-refractivity contribution in [3.05, 3.63) is 107 Å². The third kappa shape index (κ3) is 1.82. The summed E-state index contributed by atoms with van der Waals surface area (Å²) < 4.78 is 0. The molecule has 3 aromatic carbocycles. The molecule has 1 nitrogen and oxygen atoms in total. The van der Waals surface area contributed by atoms with Crippen molar-refractivity contribution in [3.63, 3.8) is 0 Å². The molecule has 6 rings (SSSR count). The van der Waals surface area contributed by atoms with E-state index >= 15 is 0 Å². The van der Waals surface area contributed by atoms with E-state index in [0.717, 1.165) is 19.4 Å².